The van der Waals surface area contributed by atoms with Gasteiger partial charge in [0.1, 0.15) is 23.9 Å². The standard InChI is InChI=1S/C48H64N2O14/c1-7-21-60-23-24-61-22-20-49-35(52)18-19-36(53)64-40(38(30-14-10-8-11-15-30)50-43(56)31-16-12-9-13-17-31)44(57)63-32-26-48(59)29(3)41-46(6,33(51)25-34-47(41,58)27-62-34)42(55)39(54)37(28(32)2)45(48,4)5/h8-17,29,32-34,38-41,51,54,58-59H,7,18-27H2,1-6H3,(H,49,52)(H,50,56)/t29?,32?,33?,34?,38?,39?,40?,41?,46-,47+,48?/m1/s1. The topological polar surface area (TPSA) is 236 Å². The Kier molecular flexibility index (Phi) is 15.2. The maximum atomic E-state index is 14.8. The lowest BCUT2D eigenvalue weighted by atomic mass is 9.43. The summed E-state index contributed by atoms with van der Waals surface area (Å²) in [6.45, 7) is 11.8. The Morgan fingerprint density at radius 3 is 2.17 bits per heavy atom. The average molecular weight is 893 g/mol. The molecule has 1 saturated heterocycles. The molecule has 0 aromatic heterocycles. The molecule has 1 aliphatic heterocycles. The molecule has 350 valence electrons. The summed E-state index contributed by atoms with van der Waals surface area (Å²) < 4.78 is 28.6. The summed E-state index contributed by atoms with van der Waals surface area (Å²) >= 11 is 0. The molecule has 3 fully saturated rings. The van der Waals surface area contributed by atoms with Crippen molar-refractivity contribution in [3.05, 3.63) is 82.9 Å². The lowest BCUT2D eigenvalue weighted by Gasteiger charge is -2.67. The smallest absolute Gasteiger partial charge is 0.350 e. The van der Waals surface area contributed by atoms with E-state index in [1.165, 1.54) is 6.92 Å². The number of esters is 2. The van der Waals surface area contributed by atoms with E-state index < -0.39 is 106 Å². The van der Waals surface area contributed by atoms with Crippen molar-refractivity contribution in [2.75, 3.05) is 39.6 Å². The fourth-order valence-electron chi connectivity index (χ4n) is 10.6. The third kappa shape index (κ3) is 9.28. The molecule has 0 spiro atoms. The van der Waals surface area contributed by atoms with Crippen LogP contribution in [0.1, 0.15) is 95.6 Å². The van der Waals surface area contributed by atoms with Crippen LogP contribution in [-0.4, -0.2) is 131 Å². The van der Waals surface area contributed by atoms with Crippen molar-refractivity contribution >= 4 is 29.5 Å². The van der Waals surface area contributed by atoms with Gasteiger partial charge in [0.25, 0.3) is 5.91 Å². The molecule has 3 aliphatic carbocycles. The van der Waals surface area contributed by atoms with Gasteiger partial charge in [-0.1, -0.05) is 76.2 Å². The van der Waals surface area contributed by atoms with Crippen molar-refractivity contribution in [1.29, 1.82) is 0 Å². The van der Waals surface area contributed by atoms with E-state index in [1.54, 1.807) is 88.4 Å². The monoisotopic (exact) mass is 892 g/mol. The van der Waals surface area contributed by atoms with E-state index >= 15 is 0 Å². The normalized spacial score (nSPS) is 31.4. The van der Waals surface area contributed by atoms with Crippen LogP contribution in [-0.2, 0) is 42.9 Å². The lowest BCUT2D eigenvalue weighted by molar-refractivity contribution is -0.335. The number of fused-ring (bicyclic) bond motifs is 5. The Balaban J connectivity index is 1.30. The molecule has 9 unspecified atom stereocenters. The molecule has 2 aromatic carbocycles. The minimum Gasteiger partial charge on any atom is -0.455 e. The number of ether oxygens (including phenoxy) is 5. The maximum absolute atomic E-state index is 14.8. The highest BCUT2D eigenvalue weighted by molar-refractivity contribution is 5.95. The largest absolute Gasteiger partial charge is 0.455 e. The van der Waals surface area contributed by atoms with Gasteiger partial charge in [-0.15, -0.1) is 0 Å². The predicted molar refractivity (Wildman–Crippen MR) is 230 cm³/mol. The summed E-state index contributed by atoms with van der Waals surface area (Å²) in [6, 6.07) is 15.2. The number of carbonyl (C=O) groups is 5. The number of Topliss-reactive ketones (excluding diaryl/α,β-unsaturated/α-hetero) is 1. The van der Waals surface area contributed by atoms with E-state index in [0.29, 0.717) is 25.4 Å². The second kappa shape index (κ2) is 19.9. The number of ketones is 1. The Morgan fingerprint density at radius 1 is 0.906 bits per heavy atom. The molecule has 16 heteroatoms. The Hall–Kier alpha value is -4.55. The third-order valence-electron chi connectivity index (χ3n) is 14.2. The number of hydrogen-bond donors (Lipinski definition) is 6. The van der Waals surface area contributed by atoms with E-state index in [9.17, 15) is 44.4 Å². The number of aliphatic hydroxyl groups is 4. The SMILES string of the molecule is CCCOCCOCCNC(=O)CCC(=O)OC(C(=O)OC1CC2(O)C(C)C3[C@]4(O)COC4CC(O)[C@@]3(C)C(=O)C(O)C(=C1C)C2(C)C)C(NC(=O)c1ccccc1)c1ccccc1. The third-order valence-corrected chi connectivity index (χ3v) is 14.2. The number of carbonyl (C=O) groups excluding carboxylic acids is 5. The van der Waals surface area contributed by atoms with Crippen molar-refractivity contribution in [2.24, 2.45) is 22.7 Å². The van der Waals surface area contributed by atoms with E-state index in [0.717, 1.165) is 6.42 Å². The molecule has 2 saturated carbocycles. The molecule has 64 heavy (non-hydrogen) atoms. The van der Waals surface area contributed by atoms with Crippen molar-refractivity contribution in [1.82, 2.24) is 10.6 Å². The molecule has 0 radical (unpaired) electrons. The molecule has 6 rings (SSSR count). The van der Waals surface area contributed by atoms with E-state index in [4.69, 9.17) is 23.7 Å². The van der Waals surface area contributed by atoms with Crippen molar-refractivity contribution in [2.45, 2.75) is 121 Å². The van der Waals surface area contributed by atoms with Gasteiger partial charge in [-0.05, 0) is 55.0 Å². The second-order valence-electron chi connectivity index (χ2n) is 18.3. The minimum absolute atomic E-state index is 0.0483. The summed E-state index contributed by atoms with van der Waals surface area (Å²) in [5.74, 6) is -5.93. The first kappa shape index (κ1) is 48.9. The van der Waals surface area contributed by atoms with Crippen LogP contribution in [0, 0.1) is 22.7 Å². The fraction of sp³-hybridized carbons (Fsp3) is 0.604. The van der Waals surface area contributed by atoms with Crippen LogP contribution >= 0.6 is 0 Å². The molecule has 16 nitrogen and oxygen atoms in total. The zero-order valence-electron chi connectivity index (χ0n) is 37.5. The second-order valence-corrected chi connectivity index (χ2v) is 18.3. The fourth-order valence-corrected chi connectivity index (χ4v) is 10.6. The Bertz CT molecular complexity index is 2040. The van der Waals surface area contributed by atoms with Gasteiger partial charge in [0.2, 0.25) is 12.0 Å². The van der Waals surface area contributed by atoms with E-state index in [2.05, 4.69) is 10.6 Å². The number of nitrogens with one attached hydrogen (secondary N) is 2. The highest BCUT2D eigenvalue weighted by atomic mass is 16.6. The van der Waals surface area contributed by atoms with Crippen molar-refractivity contribution in [3.8, 4) is 0 Å². The quantitative estimate of drug-likeness (QED) is 0.0718. The molecule has 4 aliphatic rings. The predicted octanol–water partition coefficient (Wildman–Crippen LogP) is 2.90. The van der Waals surface area contributed by atoms with Crippen LogP contribution in [0.2, 0.25) is 0 Å². The Labute approximate surface area is 374 Å². The van der Waals surface area contributed by atoms with Gasteiger partial charge < -0.3 is 54.7 Å². The van der Waals surface area contributed by atoms with Crippen LogP contribution in [0.15, 0.2) is 71.8 Å². The number of benzene rings is 2. The summed E-state index contributed by atoms with van der Waals surface area (Å²) in [7, 11) is 0. The molecular weight excluding hydrogens is 829 g/mol. The first-order valence-corrected chi connectivity index (χ1v) is 22.2. The molecule has 6 N–H and O–H groups in total. The van der Waals surface area contributed by atoms with Crippen LogP contribution in [0.25, 0.3) is 0 Å². The number of amides is 2. The van der Waals surface area contributed by atoms with Crippen molar-refractivity contribution in [3.63, 3.8) is 0 Å². The number of aliphatic hydroxyl groups excluding tert-OH is 2. The van der Waals surface area contributed by atoms with Gasteiger partial charge in [0.15, 0.2) is 5.78 Å². The van der Waals surface area contributed by atoms with Crippen LogP contribution in [0.4, 0.5) is 0 Å². The lowest BCUT2D eigenvalue weighted by Crippen LogP contribution is -2.78. The molecule has 2 aromatic rings. The number of hydrogen-bond acceptors (Lipinski definition) is 14. The van der Waals surface area contributed by atoms with Gasteiger partial charge in [0, 0.05) is 49.3 Å². The van der Waals surface area contributed by atoms with E-state index in [-0.39, 0.29) is 55.7 Å². The summed E-state index contributed by atoms with van der Waals surface area (Å²) in [5, 5.41) is 54.3. The first-order chi connectivity index (χ1) is 30.3. The minimum atomic E-state index is -1.89. The number of rotatable bonds is 18. The average Bonchev–Trinajstić information content (AvgIpc) is 3.27. The summed E-state index contributed by atoms with van der Waals surface area (Å²) in [6.07, 6.45) is -7.36. The zero-order chi connectivity index (χ0) is 46.6. The molecular formula is C48H64N2O14. The van der Waals surface area contributed by atoms with E-state index in [1.807, 2.05) is 6.92 Å². The van der Waals surface area contributed by atoms with Gasteiger partial charge in [-0.2, -0.15) is 0 Å². The summed E-state index contributed by atoms with van der Waals surface area (Å²) in [4.78, 5) is 69.6. The van der Waals surface area contributed by atoms with Gasteiger partial charge >= 0.3 is 11.9 Å². The molecule has 1 heterocycles. The summed E-state index contributed by atoms with van der Waals surface area (Å²) in [5.41, 5.74) is -5.57. The Morgan fingerprint density at radius 2 is 1.55 bits per heavy atom. The van der Waals surface area contributed by atoms with Crippen molar-refractivity contribution < 1.29 is 68.1 Å². The molecule has 2 bridgehead atoms. The van der Waals surface area contributed by atoms with Gasteiger partial charge in [-0.3, -0.25) is 19.2 Å². The highest BCUT2D eigenvalue weighted by Gasteiger charge is 2.74. The highest BCUT2D eigenvalue weighted by Crippen LogP contribution is 2.64. The van der Waals surface area contributed by atoms with Crippen LogP contribution < -0.4 is 10.6 Å². The van der Waals surface area contributed by atoms with Gasteiger partial charge in [0.05, 0.1) is 56.1 Å². The maximum Gasteiger partial charge on any atom is 0.350 e. The molecule has 11 atom stereocenters. The van der Waals surface area contributed by atoms with Crippen LogP contribution in [0.3, 0.4) is 0 Å². The van der Waals surface area contributed by atoms with Gasteiger partial charge in [-0.25, -0.2) is 4.79 Å². The molecule has 2 amide bonds. The van der Waals surface area contributed by atoms with Crippen LogP contribution in [0.5, 0.6) is 0 Å². The first-order valence-electron chi connectivity index (χ1n) is 22.2. The zero-order valence-corrected chi connectivity index (χ0v) is 37.5.